The van der Waals surface area contributed by atoms with Crippen LogP contribution in [0.5, 0.6) is 0 Å². The summed E-state index contributed by atoms with van der Waals surface area (Å²) in [5, 5.41) is 7.66. The van der Waals surface area contributed by atoms with Crippen molar-refractivity contribution in [1.82, 2.24) is 10.6 Å². The van der Waals surface area contributed by atoms with Gasteiger partial charge in [0, 0.05) is 23.9 Å². The third kappa shape index (κ3) is 7.01. The van der Waals surface area contributed by atoms with Crippen LogP contribution in [0.2, 0.25) is 0 Å². The normalized spacial score (nSPS) is 14.2. The average molecular weight is 544 g/mol. The number of esters is 1. The maximum absolute atomic E-state index is 13.3. The molecule has 3 aromatic carbocycles. The fourth-order valence-corrected chi connectivity index (χ4v) is 4.03. The lowest BCUT2D eigenvalue weighted by atomic mass is 10.0. The van der Waals surface area contributed by atoms with Gasteiger partial charge in [-0.1, -0.05) is 60.7 Å². The van der Waals surface area contributed by atoms with Crippen molar-refractivity contribution in [3.05, 3.63) is 95.6 Å². The first kappa shape index (κ1) is 27.8. The first-order chi connectivity index (χ1) is 19.4. The monoisotopic (exact) mass is 543 g/mol. The maximum Gasteiger partial charge on any atom is 0.407 e. The number of carbonyl (C=O) groups is 4. The van der Waals surface area contributed by atoms with Crippen LogP contribution >= 0.6 is 0 Å². The Bertz CT molecular complexity index is 1430. The minimum Gasteiger partial charge on any atom is -0.465 e. The van der Waals surface area contributed by atoms with E-state index in [1.165, 1.54) is 4.90 Å². The summed E-state index contributed by atoms with van der Waals surface area (Å²) < 4.78 is 9.85. The summed E-state index contributed by atoms with van der Waals surface area (Å²) in [5.74, 6) is -0.969. The molecule has 0 saturated heterocycles. The molecule has 206 valence electrons. The molecule has 3 N–H and O–H groups in total. The highest BCUT2D eigenvalue weighted by Gasteiger charge is 2.31. The van der Waals surface area contributed by atoms with E-state index in [1.54, 1.807) is 38.2 Å². The molecule has 11 nitrogen and oxygen atoms in total. The minimum absolute atomic E-state index is 0.0965. The highest BCUT2D eigenvalue weighted by molar-refractivity contribution is 6.20. The van der Waals surface area contributed by atoms with Crippen molar-refractivity contribution in [2.24, 2.45) is 4.99 Å². The van der Waals surface area contributed by atoms with Crippen LogP contribution in [-0.4, -0.2) is 56.1 Å². The smallest absolute Gasteiger partial charge is 0.407 e. The standard InChI is InChI=1S/C29H29N5O6/c1-3-39-24(35)17-30-29(38)40-18-19-10-9-13-21(16-19)31-28(37)33-26-27(36)34(2)23-15-8-7-14-22(23)25(32-26)20-11-5-4-6-12-20/h4-16,26H,3,17-18H2,1-2H3,(H,30,38)(H2,31,33,37)/t26-/m0/s1. The highest BCUT2D eigenvalue weighted by Crippen LogP contribution is 2.27. The SMILES string of the molecule is CCOC(=O)CNC(=O)OCc1cccc(NC(=O)N[C@@H]2N=C(c3ccccc3)c3ccccc3N(C)C2=O)c1. The van der Waals surface area contributed by atoms with Crippen molar-refractivity contribution in [3.8, 4) is 0 Å². The van der Waals surface area contributed by atoms with E-state index in [-0.39, 0.29) is 19.8 Å². The van der Waals surface area contributed by atoms with E-state index in [2.05, 4.69) is 20.9 Å². The van der Waals surface area contributed by atoms with Crippen molar-refractivity contribution in [3.63, 3.8) is 0 Å². The number of ether oxygens (including phenoxy) is 2. The predicted octanol–water partition coefficient (Wildman–Crippen LogP) is 3.44. The Morgan fingerprint density at radius 2 is 1.70 bits per heavy atom. The predicted molar refractivity (Wildman–Crippen MR) is 149 cm³/mol. The van der Waals surface area contributed by atoms with Crippen molar-refractivity contribution in [2.45, 2.75) is 19.7 Å². The van der Waals surface area contributed by atoms with Crippen molar-refractivity contribution >= 4 is 41.1 Å². The van der Waals surface area contributed by atoms with Crippen LogP contribution < -0.4 is 20.9 Å². The van der Waals surface area contributed by atoms with Gasteiger partial charge in [0.15, 0.2) is 0 Å². The van der Waals surface area contributed by atoms with Crippen LogP contribution in [0.3, 0.4) is 0 Å². The maximum atomic E-state index is 13.3. The number of benzodiazepines with no additional fused rings is 1. The Morgan fingerprint density at radius 3 is 2.48 bits per heavy atom. The number of alkyl carbamates (subject to hydrolysis) is 1. The number of benzene rings is 3. The number of aliphatic imine (C=N–C) groups is 1. The molecule has 0 fully saturated rings. The second-order valence-corrected chi connectivity index (χ2v) is 8.69. The summed E-state index contributed by atoms with van der Waals surface area (Å²) in [6, 6.07) is 22.9. The van der Waals surface area contributed by atoms with E-state index < -0.39 is 30.2 Å². The lowest BCUT2D eigenvalue weighted by molar-refractivity contribution is -0.141. The Kier molecular flexibility index (Phi) is 9.08. The van der Waals surface area contributed by atoms with Gasteiger partial charge in [-0.15, -0.1) is 0 Å². The van der Waals surface area contributed by atoms with Gasteiger partial charge in [0.25, 0.3) is 5.91 Å². The number of hydrogen-bond donors (Lipinski definition) is 3. The van der Waals surface area contributed by atoms with Gasteiger partial charge in [0.2, 0.25) is 6.17 Å². The number of rotatable bonds is 8. The molecule has 4 amide bonds. The molecule has 0 aliphatic carbocycles. The molecule has 11 heteroatoms. The Morgan fingerprint density at radius 1 is 0.950 bits per heavy atom. The Labute approximate surface area is 231 Å². The third-order valence-electron chi connectivity index (χ3n) is 5.90. The lowest BCUT2D eigenvalue weighted by Crippen LogP contribution is -2.47. The second kappa shape index (κ2) is 13.1. The molecule has 1 atom stereocenters. The molecule has 1 aliphatic heterocycles. The number of para-hydroxylation sites is 1. The van der Waals surface area contributed by atoms with Crippen LogP contribution in [-0.2, 0) is 25.7 Å². The molecule has 0 unspecified atom stereocenters. The fraction of sp³-hybridized carbons (Fsp3) is 0.207. The molecule has 3 aromatic rings. The van der Waals surface area contributed by atoms with E-state index >= 15 is 0 Å². The summed E-state index contributed by atoms with van der Waals surface area (Å²) in [6.07, 6.45) is -1.96. The van der Waals surface area contributed by atoms with Crippen LogP contribution in [0.25, 0.3) is 0 Å². The van der Waals surface area contributed by atoms with Gasteiger partial charge in [-0.3, -0.25) is 9.59 Å². The van der Waals surface area contributed by atoms with Crippen LogP contribution in [0.15, 0.2) is 83.9 Å². The lowest BCUT2D eigenvalue weighted by Gasteiger charge is -2.21. The van der Waals surface area contributed by atoms with Crippen molar-refractivity contribution in [1.29, 1.82) is 0 Å². The molecule has 0 aromatic heterocycles. The van der Waals surface area contributed by atoms with E-state index in [1.807, 2.05) is 54.6 Å². The number of likely N-dealkylation sites (N-methyl/N-ethyl adjacent to an activating group) is 1. The summed E-state index contributed by atoms with van der Waals surface area (Å²) in [6.45, 7) is 1.48. The van der Waals surface area contributed by atoms with E-state index in [0.29, 0.717) is 22.6 Å². The Balaban J connectivity index is 1.43. The zero-order valence-electron chi connectivity index (χ0n) is 22.0. The van der Waals surface area contributed by atoms with Gasteiger partial charge in [-0.2, -0.15) is 0 Å². The van der Waals surface area contributed by atoms with Gasteiger partial charge >= 0.3 is 18.1 Å². The number of anilines is 2. The second-order valence-electron chi connectivity index (χ2n) is 8.69. The topological polar surface area (TPSA) is 138 Å². The number of amides is 4. The largest absolute Gasteiger partial charge is 0.465 e. The third-order valence-corrected chi connectivity index (χ3v) is 5.90. The van der Waals surface area contributed by atoms with Gasteiger partial charge in [0.05, 0.1) is 18.0 Å². The quantitative estimate of drug-likeness (QED) is 0.372. The molecule has 4 rings (SSSR count). The van der Waals surface area contributed by atoms with Crippen LogP contribution in [0, 0.1) is 0 Å². The molecular formula is C29H29N5O6. The summed E-state index contributed by atoms with van der Waals surface area (Å²) in [7, 11) is 1.64. The average Bonchev–Trinajstić information content (AvgIpc) is 3.06. The molecule has 1 aliphatic rings. The summed E-state index contributed by atoms with van der Waals surface area (Å²) >= 11 is 0. The van der Waals surface area contributed by atoms with Crippen LogP contribution in [0.4, 0.5) is 21.0 Å². The van der Waals surface area contributed by atoms with Gasteiger partial charge < -0.3 is 30.3 Å². The molecule has 0 bridgehead atoms. The number of urea groups is 1. The summed E-state index contributed by atoms with van der Waals surface area (Å²) in [4.78, 5) is 55.6. The van der Waals surface area contributed by atoms with Gasteiger partial charge in [-0.05, 0) is 30.7 Å². The zero-order chi connectivity index (χ0) is 28.5. The minimum atomic E-state index is -1.18. The van der Waals surface area contributed by atoms with E-state index in [9.17, 15) is 19.2 Å². The van der Waals surface area contributed by atoms with Crippen molar-refractivity contribution in [2.75, 3.05) is 30.4 Å². The molecule has 0 radical (unpaired) electrons. The van der Waals surface area contributed by atoms with E-state index in [4.69, 9.17) is 9.47 Å². The zero-order valence-corrected chi connectivity index (χ0v) is 22.0. The first-order valence-corrected chi connectivity index (χ1v) is 12.6. The fourth-order valence-electron chi connectivity index (χ4n) is 4.03. The Hall–Kier alpha value is -5.19. The first-order valence-electron chi connectivity index (χ1n) is 12.6. The van der Waals surface area contributed by atoms with E-state index in [0.717, 1.165) is 11.1 Å². The van der Waals surface area contributed by atoms with Gasteiger partial charge in [-0.25, -0.2) is 14.6 Å². The molecule has 0 saturated carbocycles. The number of hydrogen-bond acceptors (Lipinski definition) is 7. The molecule has 0 spiro atoms. The molecular weight excluding hydrogens is 514 g/mol. The van der Waals surface area contributed by atoms with Crippen LogP contribution in [0.1, 0.15) is 23.6 Å². The number of fused-ring (bicyclic) bond motifs is 1. The highest BCUT2D eigenvalue weighted by atomic mass is 16.6. The molecule has 40 heavy (non-hydrogen) atoms. The summed E-state index contributed by atoms with van der Waals surface area (Å²) in [5.41, 5.74) is 3.85. The number of nitrogens with zero attached hydrogens (tertiary/aromatic N) is 2. The molecule has 1 heterocycles. The van der Waals surface area contributed by atoms with Crippen molar-refractivity contribution < 1.29 is 28.7 Å². The number of carbonyl (C=O) groups excluding carboxylic acids is 4. The van der Waals surface area contributed by atoms with Gasteiger partial charge in [0.1, 0.15) is 13.2 Å². The number of nitrogens with one attached hydrogen (secondary N) is 3.